The van der Waals surface area contributed by atoms with Gasteiger partial charge in [-0.2, -0.15) is 0 Å². The fourth-order valence-electron chi connectivity index (χ4n) is 2.16. The smallest absolute Gasteiger partial charge is 0.275 e. The molecule has 7 heteroatoms. The Balaban J connectivity index is 2.13. The molecule has 0 spiro atoms. The quantitative estimate of drug-likeness (QED) is 0.630. The molecule has 0 radical (unpaired) electrons. The first-order chi connectivity index (χ1) is 9.88. The Morgan fingerprint density at radius 1 is 1.48 bits per heavy atom. The number of aryl methyl sites for hydroxylation is 2. The lowest BCUT2D eigenvalue weighted by Crippen LogP contribution is -2.18. The van der Waals surface area contributed by atoms with E-state index in [-0.39, 0.29) is 16.7 Å². The van der Waals surface area contributed by atoms with E-state index in [9.17, 15) is 10.1 Å². The number of halogens is 1. The number of hydrogen-bond donors (Lipinski definition) is 1. The SMILES string of the molecule is Cc1nc(C)c(C(C)NCc2ccc(Br)cc2[N+](=O)[O-])s1. The minimum atomic E-state index is -0.353. The lowest BCUT2D eigenvalue weighted by atomic mass is 10.1. The number of rotatable bonds is 5. The summed E-state index contributed by atoms with van der Waals surface area (Å²) >= 11 is 4.92. The predicted octanol–water partition coefficient (Wildman–Crippen LogP) is 4.28. The van der Waals surface area contributed by atoms with Gasteiger partial charge >= 0.3 is 0 Å². The van der Waals surface area contributed by atoms with Crippen LogP contribution in [0.4, 0.5) is 5.69 Å². The molecule has 0 saturated heterocycles. The fourth-order valence-corrected chi connectivity index (χ4v) is 3.46. The molecule has 0 amide bonds. The molecule has 1 atom stereocenters. The number of thiazole rings is 1. The molecule has 21 heavy (non-hydrogen) atoms. The van der Waals surface area contributed by atoms with Gasteiger partial charge in [0.05, 0.1) is 15.6 Å². The second-order valence-corrected chi connectivity index (χ2v) is 6.97. The number of benzene rings is 1. The van der Waals surface area contributed by atoms with Crippen molar-refractivity contribution < 1.29 is 4.92 Å². The largest absolute Gasteiger partial charge is 0.305 e. The summed E-state index contributed by atoms with van der Waals surface area (Å²) < 4.78 is 0.708. The Kier molecular flexibility index (Phi) is 5.08. The van der Waals surface area contributed by atoms with Crippen LogP contribution in [-0.4, -0.2) is 9.91 Å². The van der Waals surface area contributed by atoms with Crippen LogP contribution < -0.4 is 5.32 Å². The van der Waals surface area contributed by atoms with Crippen molar-refractivity contribution in [3.63, 3.8) is 0 Å². The predicted molar refractivity (Wildman–Crippen MR) is 87.6 cm³/mol. The maximum atomic E-state index is 11.1. The van der Waals surface area contributed by atoms with Crippen LogP contribution >= 0.6 is 27.3 Å². The van der Waals surface area contributed by atoms with Gasteiger partial charge in [0.15, 0.2) is 0 Å². The third-order valence-corrected chi connectivity index (χ3v) is 4.92. The van der Waals surface area contributed by atoms with Gasteiger partial charge in [-0.3, -0.25) is 10.1 Å². The Hall–Kier alpha value is -1.31. The number of nitro groups is 1. The van der Waals surface area contributed by atoms with E-state index >= 15 is 0 Å². The van der Waals surface area contributed by atoms with Gasteiger partial charge in [0.25, 0.3) is 5.69 Å². The maximum Gasteiger partial charge on any atom is 0.275 e. The minimum absolute atomic E-state index is 0.111. The van der Waals surface area contributed by atoms with Gasteiger partial charge in [0.1, 0.15) is 0 Å². The first kappa shape index (κ1) is 16.1. The Labute approximate surface area is 135 Å². The third kappa shape index (κ3) is 3.87. The summed E-state index contributed by atoms with van der Waals surface area (Å²) in [4.78, 5) is 16.3. The highest BCUT2D eigenvalue weighted by atomic mass is 79.9. The number of hydrogen-bond acceptors (Lipinski definition) is 5. The molecule has 2 rings (SSSR count). The number of aromatic nitrogens is 1. The van der Waals surface area contributed by atoms with E-state index in [0.29, 0.717) is 16.6 Å². The van der Waals surface area contributed by atoms with Crippen LogP contribution in [0, 0.1) is 24.0 Å². The minimum Gasteiger partial charge on any atom is -0.305 e. The summed E-state index contributed by atoms with van der Waals surface area (Å²) in [5, 5.41) is 15.5. The van der Waals surface area contributed by atoms with Crippen molar-refractivity contribution in [3.8, 4) is 0 Å². The van der Waals surface area contributed by atoms with Gasteiger partial charge in [-0.05, 0) is 32.9 Å². The topological polar surface area (TPSA) is 68.1 Å². The first-order valence-electron chi connectivity index (χ1n) is 6.48. The van der Waals surface area contributed by atoms with Crippen LogP contribution in [0.25, 0.3) is 0 Å². The molecule has 0 saturated carbocycles. The molecular weight excluding hydrogens is 354 g/mol. The van der Waals surface area contributed by atoms with Crippen molar-refractivity contribution in [2.24, 2.45) is 0 Å². The van der Waals surface area contributed by atoms with Crippen molar-refractivity contribution in [2.75, 3.05) is 0 Å². The van der Waals surface area contributed by atoms with Crippen molar-refractivity contribution in [1.82, 2.24) is 10.3 Å². The zero-order valence-corrected chi connectivity index (χ0v) is 14.4. The second kappa shape index (κ2) is 6.64. The molecular formula is C14H16BrN3O2S. The van der Waals surface area contributed by atoms with Crippen LogP contribution in [0.3, 0.4) is 0 Å². The molecule has 2 aromatic rings. The van der Waals surface area contributed by atoms with Crippen molar-refractivity contribution in [3.05, 3.63) is 53.9 Å². The van der Waals surface area contributed by atoms with Crippen LogP contribution in [0.15, 0.2) is 22.7 Å². The fraction of sp³-hybridized carbons (Fsp3) is 0.357. The molecule has 0 bridgehead atoms. The summed E-state index contributed by atoms with van der Waals surface area (Å²) in [6.07, 6.45) is 0. The summed E-state index contributed by atoms with van der Waals surface area (Å²) in [5.41, 5.74) is 1.82. The molecule has 0 aliphatic heterocycles. The molecule has 1 heterocycles. The van der Waals surface area contributed by atoms with Gasteiger partial charge in [0.2, 0.25) is 0 Å². The van der Waals surface area contributed by atoms with E-state index in [4.69, 9.17) is 0 Å². The molecule has 112 valence electrons. The number of nitrogens with one attached hydrogen (secondary N) is 1. The molecule has 1 aromatic carbocycles. The summed E-state index contributed by atoms with van der Waals surface area (Å²) in [5.74, 6) is 0. The lowest BCUT2D eigenvalue weighted by molar-refractivity contribution is -0.385. The third-order valence-electron chi connectivity index (χ3n) is 3.18. The number of nitrogens with zero attached hydrogens (tertiary/aromatic N) is 2. The molecule has 5 nitrogen and oxygen atoms in total. The van der Waals surface area contributed by atoms with Crippen molar-refractivity contribution in [2.45, 2.75) is 33.4 Å². The summed E-state index contributed by atoms with van der Waals surface area (Å²) in [7, 11) is 0. The van der Waals surface area contributed by atoms with Gasteiger partial charge in [-0.1, -0.05) is 15.9 Å². The molecule has 0 aliphatic rings. The van der Waals surface area contributed by atoms with E-state index < -0.39 is 0 Å². The molecule has 1 unspecified atom stereocenters. The summed E-state index contributed by atoms with van der Waals surface area (Å²) in [6.45, 7) is 6.46. The average Bonchev–Trinajstić information content (AvgIpc) is 2.75. The molecule has 1 aromatic heterocycles. The zero-order valence-electron chi connectivity index (χ0n) is 12.0. The highest BCUT2D eigenvalue weighted by Gasteiger charge is 2.17. The highest BCUT2D eigenvalue weighted by Crippen LogP contribution is 2.27. The molecule has 0 aliphatic carbocycles. The van der Waals surface area contributed by atoms with Crippen LogP contribution in [0.1, 0.15) is 34.1 Å². The Morgan fingerprint density at radius 3 is 2.76 bits per heavy atom. The van der Waals surface area contributed by atoms with E-state index in [2.05, 4.69) is 26.2 Å². The van der Waals surface area contributed by atoms with Gasteiger partial charge < -0.3 is 5.32 Å². The second-order valence-electron chi connectivity index (χ2n) is 4.82. The van der Waals surface area contributed by atoms with E-state index in [0.717, 1.165) is 10.7 Å². The van der Waals surface area contributed by atoms with Crippen LogP contribution in [-0.2, 0) is 6.54 Å². The summed E-state index contributed by atoms with van der Waals surface area (Å²) in [6, 6.07) is 5.23. The molecule has 1 N–H and O–H groups in total. The van der Waals surface area contributed by atoms with E-state index in [1.165, 1.54) is 10.9 Å². The Morgan fingerprint density at radius 2 is 2.19 bits per heavy atom. The zero-order chi connectivity index (χ0) is 15.6. The standard InChI is InChI=1S/C14H16BrN3O2S/c1-8(14-9(2)17-10(3)21-14)16-7-11-4-5-12(15)6-13(11)18(19)20/h4-6,8,16H,7H2,1-3H3. The van der Waals surface area contributed by atoms with Gasteiger partial charge in [0, 0.05) is 33.6 Å². The Bertz CT molecular complexity index is 672. The van der Waals surface area contributed by atoms with E-state index in [1.807, 2.05) is 26.8 Å². The maximum absolute atomic E-state index is 11.1. The highest BCUT2D eigenvalue weighted by molar-refractivity contribution is 9.10. The first-order valence-corrected chi connectivity index (χ1v) is 8.09. The van der Waals surface area contributed by atoms with Crippen molar-refractivity contribution in [1.29, 1.82) is 0 Å². The molecule has 0 fully saturated rings. The average molecular weight is 370 g/mol. The van der Waals surface area contributed by atoms with Gasteiger partial charge in [-0.25, -0.2) is 4.98 Å². The normalized spacial score (nSPS) is 12.4. The van der Waals surface area contributed by atoms with Crippen molar-refractivity contribution >= 4 is 33.0 Å². The lowest BCUT2D eigenvalue weighted by Gasteiger charge is -2.13. The van der Waals surface area contributed by atoms with E-state index in [1.54, 1.807) is 17.4 Å². The van der Waals surface area contributed by atoms with Crippen LogP contribution in [0.2, 0.25) is 0 Å². The monoisotopic (exact) mass is 369 g/mol. The van der Waals surface area contributed by atoms with Crippen LogP contribution in [0.5, 0.6) is 0 Å². The number of nitro benzene ring substituents is 1. The van der Waals surface area contributed by atoms with Gasteiger partial charge in [-0.15, -0.1) is 11.3 Å².